The molecule has 1 saturated heterocycles. The molecule has 0 bridgehead atoms. The van der Waals surface area contributed by atoms with E-state index >= 15 is 0 Å². The zero-order chi connectivity index (χ0) is 14.4. The minimum absolute atomic E-state index is 0. The molecule has 1 aliphatic rings. The Bertz CT molecular complexity index is 451. The van der Waals surface area contributed by atoms with Crippen LogP contribution >= 0.6 is 28.3 Å². The highest BCUT2D eigenvalue weighted by Gasteiger charge is 2.22. The summed E-state index contributed by atoms with van der Waals surface area (Å²) in [5, 5.41) is 3.20. The second kappa shape index (κ2) is 9.28. The first-order chi connectivity index (χ1) is 9.69. The lowest BCUT2D eigenvalue weighted by Crippen LogP contribution is -2.42. The van der Waals surface area contributed by atoms with Crippen LogP contribution in [0.2, 0.25) is 0 Å². The Labute approximate surface area is 140 Å². The van der Waals surface area contributed by atoms with Gasteiger partial charge >= 0.3 is 0 Å². The molecule has 1 aliphatic heterocycles. The third kappa shape index (κ3) is 5.85. The van der Waals surface area contributed by atoms with Crippen molar-refractivity contribution in [3.63, 3.8) is 0 Å². The van der Waals surface area contributed by atoms with Gasteiger partial charge in [0, 0.05) is 17.6 Å². The van der Waals surface area contributed by atoms with Gasteiger partial charge in [-0.15, -0.1) is 12.4 Å². The van der Waals surface area contributed by atoms with Gasteiger partial charge in [0.2, 0.25) is 0 Å². The molecule has 0 radical (unpaired) electrons. The lowest BCUT2D eigenvalue weighted by atomic mass is 9.97. The minimum Gasteiger partial charge on any atom is -0.484 e. The molecule has 0 aliphatic carbocycles. The topological polar surface area (TPSA) is 41.6 Å². The molecule has 0 atom stereocenters. The number of halogens is 2. The number of nitrogens with zero attached hydrogens (tertiary/aromatic N) is 1. The van der Waals surface area contributed by atoms with Crippen molar-refractivity contribution in [2.24, 2.45) is 5.92 Å². The van der Waals surface area contributed by atoms with Crippen molar-refractivity contribution >= 4 is 34.2 Å². The van der Waals surface area contributed by atoms with Gasteiger partial charge in [0.05, 0.1) is 0 Å². The van der Waals surface area contributed by atoms with Gasteiger partial charge in [0.15, 0.2) is 6.61 Å². The third-order valence-electron chi connectivity index (χ3n) is 3.62. The lowest BCUT2D eigenvalue weighted by molar-refractivity contribution is -0.134. The molecule has 1 aromatic carbocycles. The van der Waals surface area contributed by atoms with Gasteiger partial charge in [0.1, 0.15) is 5.75 Å². The molecule has 0 spiro atoms. The zero-order valence-corrected chi connectivity index (χ0v) is 14.6. The summed E-state index contributed by atoms with van der Waals surface area (Å²) in [5.74, 6) is 1.49. The predicted octanol–water partition coefficient (Wildman–Crippen LogP) is 2.71. The number of likely N-dealkylation sites (tertiary alicyclic amines) is 1. The highest BCUT2D eigenvalue weighted by Crippen LogP contribution is 2.19. The Morgan fingerprint density at radius 2 is 2.14 bits per heavy atom. The maximum absolute atomic E-state index is 12.1. The molecule has 118 valence electrons. The summed E-state index contributed by atoms with van der Waals surface area (Å²) >= 11 is 3.39. The SMILES string of the molecule is CNCC1CCN(C(=O)COc2cccc(Br)c2)CC1.Cl. The monoisotopic (exact) mass is 376 g/mol. The summed E-state index contributed by atoms with van der Waals surface area (Å²) in [7, 11) is 1.98. The largest absolute Gasteiger partial charge is 0.484 e. The number of piperidine rings is 1. The number of nitrogens with one attached hydrogen (secondary N) is 1. The van der Waals surface area contributed by atoms with Crippen LogP contribution in [-0.4, -0.2) is 44.1 Å². The number of hydrogen-bond donors (Lipinski definition) is 1. The summed E-state index contributed by atoms with van der Waals surface area (Å²) in [6.07, 6.45) is 2.15. The third-order valence-corrected chi connectivity index (χ3v) is 4.11. The molecular weight excluding hydrogens is 356 g/mol. The fraction of sp³-hybridized carbons (Fsp3) is 0.533. The van der Waals surface area contributed by atoms with Crippen LogP contribution in [0.5, 0.6) is 5.75 Å². The summed E-state index contributed by atoms with van der Waals surface area (Å²) in [5.41, 5.74) is 0. The summed E-state index contributed by atoms with van der Waals surface area (Å²) in [6, 6.07) is 7.55. The molecule has 4 nitrogen and oxygen atoms in total. The predicted molar refractivity (Wildman–Crippen MR) is 90.1 cm³/mol. The maximum atomic E-state index is 12.1. The highest BCUT2D eigenvalue weighted by atomic mass is 79.9. The maximum Gasteiger partial charge on any atom is 0.260 e. The van der Waals surface area contributed by atoms with Crippen molar-refractivity contribution < 1.29 is 9.53 Å². The van der Waals surface area contributed by atoms with Crippen LogP contribution in [0.3, 0.4) is 0 Å². The van der Waals surface area contributed by atoms with Crippen LogP contribution in [0.1, 0.15) is 12.8 Å². The van der Waals surface area contributed by atoms with Gasteiger partial charge in [-0.2, -0.15) is 0 Å². The van der Waals surface area contributed by atoms with E-state index in [9.17, 15) is 4.79 Å². The molecule has 0 unspecified atom stereocenters. The summed E-state index contributed by atoms with van der Waals surface area (Å²) < 4.78 is 6.50. The second-order valence-corrected chi connectivity index (χ2v) is 6.04. The molecule has 6 heteroatoms. The first kappa shape index (κ1) is 18.3. The molecule has 1 amide bonds. The number of carbonyl (C=O) groups is 1. The molecule has 1 aromatic rings. The van der Waals surface area contributed by atoms with E-state index in [1.165, 1.54) is 0 Å². The van der Waals surface area contributed by atoms with Crippen molar-refractivity contribution in [3.8, 4) is 5.75 Å². The standard InChI is InChI=1S/C15H21BrN2O2.ClH/c1-17-10-12-5-7-18(8-6-12)15(19)11-20-14-4-2-3-13(16)9-14;/h2-4,9,12,17H,5-8,10-11H2,1H3;1H. The molecule has 1 heterocycles. The fourth-order valence-electron chi connectivity index (χ4n) is 2.47. The van der Waals surface area contributed by atoms with Crippen molar-refractivity contribution in [2.45, 2.75) is 12.8 Å². The van der Waals surface area contributed by atoms with Crippen LogP contribution in [0.25, 0.3) is 0 Å². The number of benzene rings is 1. The second-order valence-electron chi connectivity index (χ2n) is 5.13. The van der Waals surface area contributed by atoms with E-state index in [4.69, 9.17) is 4.74 Å². The number of rotatable bonds is 5. The van der Waals surface area contributed by atoms with Crippen molar-refractivity contribution in [1.29, 1.82) is 0 Å². The number of amides is 1. The molecule has 1 fully saturated rings. The van der Waals surface area contributed by atoms with Crippen LogP contribution in [0.15, 0.2) is 28.7 Å². The average molecular weight is 378 g/mol. The zero-order valence-electron chi connectivity index (χ0n) is 12.2. The number of hydrogen-bond acceptors (Lipinski definition) is 3. The molecule has 1 N–H and O–H groups in total. The van der Waals surface area contributed by atoms with Crippen LogP contribution in [0, 0.1) is 5.92 Å². The normalized spacial score (nSPS) is 15.4. The first-order valence-electron chi connectivity index (χ1n) is 7.00. The van der Waals surface area contributed by atoms with Gasteiger partial charge in [-0.1, -0.05) is 22.0 Å². The van der Waals surface area contributed by atoms with Crippen LogP contribution in [-0.2, 0) is 4.79 Å². The van der Waals surface area contributed by atoms with E-state index in [0.29, 0.717) is 5.92 Å². The van der Waals surface area contributed by atoms with E-state index in [0.717, 1.165) is 42.7 Å². The number of ether oxygens (including phenoxy) is 1. The Morgan fingerprint density at radius 1 is 1.43 bits per heavy atom. The van der Waals surface area contributed by atoms with E-state index in [-0.39, 0.29) is 24.9 Å². The van der Waals surface area contributed by atoms with Gasteiger partial charge < -0.3 is 15.0 Å². The molecule has 2 rings (SSSR count). The van der Waals surface area contributed by atoms with E-state index < -0.39 is 0 Å². The number of carbonyl (C=O) groups excluding carboxylic acids is 1. The molecule has 21 heavy (non-hydrogen) atoms. The first-order valence-corrected chi connectivity index (χ1v) is 7.79. The molecule has 0 aromatic heterocycles. The minimum atomic E-state index is 0. The Kier molecular flexibility index (Phi) is 8.07. The van der Waals surface area contributed by atoms with Crippen LogP contribution in [0.4, 0.5) is 0 Å². The summed E-state index contributed by atoms with van der Waals surface area (Å²) in [4.78, 5) is 14.0. The van der Waals surface area contributed by atoms with Crippen molar-refractivity contribution in [1.82, 2.24) is 10.2 Å². The van der Waals surface area contributed by atoms with Crippen molar-refractivity contribution in [3.05, 3.63) is 28.7 Å². The summed E-state index contributed by atoms with van der Waals surface area (Å²) in [6.45, 7) is 2.84. The smallest absolute Gasteiger partial charge is 0.260 e. The van der Waals surface area contributed by atoms with Crippen molar-refractivity contribution in [2.75, 3.05) is 33.3 Å². The van der Waals surface area contributed by atoms with Gasteiger partial charge in [-0.3, -0.25) is 4.79 Å². The highest BCUT2D eigenvalue weighted by molar-refractivity contribution is 9.10. The van der Waals surface area contributed by atoms with E-state index in [2.05, 4.69) is 21.2 Å². The van der Waals surface area contributed by atoms with E-state index in [1.54, 1.807) is 0 Å². The van der Waals surface area contributed by atoms with E-state index in [1.807, 2.05) is 36.2 Å². The lowest BCUT2D eigenvalue weighted by Gasteiger charge is -2.31. The quantitative estimate of drug-likeness (QED) is 0.858. The fourth-order valence-corrected chi connectivity index (χ4v) is 2.85. The van der Waals surface area contributed by atoms with Crippen LogP contribution < -0.4 is 10.1 Å². The molecular formula is C15H22BrClN2O2. The Balaban J connectivity index is 0.00000220. The average Bonchev–Trinajstić information content (AvgIpc) is 2.46. The Morgan fingerprint density at radius 3 is 2.76 bits per heavy atom. The van der Waals surface area contributed by atoms with Gasteiger partial charge in [0.25, 0.3) is 5.91 Å². The van der Waals surface area contributed by atoms with Gasteiger partial charge in [-0.05, 0) is 50.6 Å². The Hall–Kier alpha value is -0.780. The van der Waals surface area contributed by atoms with Gasteiger partial charge in [-0.25, -0.2) is 0 Å². The molecule has 0 saturated carbocycles.